The van der Waals surface area contributed by atoms with E-state index in [2.05, 4.69) is 19.2 Å². The van der Waals surface area contributed by atoms with E-state index in [0.29, 0.717) is 18.2 Å². The first-order valence-electron chi connectivity index (χ1n) is 6.81. The predicted molar refractivity (Wildman–Crippen MR) is 73.7 cm³/mol. The topological polar surface area (TPSA) is 41.5 Å². The molecule has 4 heteroatoms. The number of ether oxygens (including phenoxy) is 1. The maximum Gasteiger partial charge on any atom is 0.125 e. The average Bonchev–Trinajstić information content (AvgIpc) is 2.39. The van der Waals surface area contributed by atoms with Gasteiger partial charge in [-0.2, -0.15) is 0 Å². The molecule has 0 bridgehead atoms. The summed E-state index contributed by atoms with van der Waals surface area (Å²) in [5.74, 6) is 0.131. The van der Waals surface area contributed by atoms with Gasteiger partial charge in [0.15, 0.2) is 0 Å². The average molecular weight is 267 g/mol. The highest BCUT2D eigenvalue weighted by atomic mass is 19.1. The second kappa shape index (κ2) is 5.88. The van der Waals surface area contributed by atoms with Crippen LogP contribution in [0.4, 0.5) is 10.1 Å². The Kier molecular flexibility index (Phi) is 4.42. The van der Waals surface area contributed by atoms with Gasteiger partial charge in [0, 0.05) is 12.3 Å². The van der Waals surface area contributed by atoms with Gasteiger partial charge in [-0.05, 0) is 37.0 Å². The van der Waals surface area contributed by atoms with Crippen LogP contribution in [0.1, 0.15) is 26.7 Å². The summed E-state index contributed by atoms with van der Waals surface area (Å²) < 4.78 is 19.0. The zero-order valence-electron chi connectivity index (χ0n) is 11.5. The largest absolute Gasteiger partial charge is 0.394 e. The zero-order chi connectivity index (χ0) is 13.9. The number of anilines is 1. The van der Waals surface area contributed by atoms with Gasteiger partial charge >= 0.3 is 0 Å². The molecule has 0 aromatic heterocycles. The summed E-state index contributed by atoms with van der Waals surface area (Å²) in [6.45, 7) is 4.86. The third-order valence-electron chi connectivity index (χ3n) is 3.78. The lowest BCUT2D eigenvalue weighted by atomic mass is 9.83. The van der Waals surface area contributed by atoms with Crippen LogP contribution in [0.3, 0.4) is 0 Å². The van der Waals surface area contributed by atoms with Crippen molar-refractivity contribution in [2.45, 2.75) is 38.3 Å². The zero-order valence-corrected chi connectivity index (χ0v) is 11.5. The molecule has 2 rings (SSSR count). The fourth-order valence-electron chi connectivity index (χ4n) is 2.55. The molecule has 3 nitrogen and oxygen atoms in total. The highest BCUT2D eigenvalue weighted by molar-refractivity contribution is 5.46. The van der Waals surface area contributed by atoms with Gasteiger partial charge in [-0.25, -0.2) is 4.39 Å². The Morgan fingerprint density at radius 1 is 1.53 bits per heavy atom. The maximum absolute atomic E-state index is 13.2. The van der Waals surface area contributed by atoms with Crippen molar-refractivity contribution in [2.24, 2.45) is 5.92 Å². The second-order valence-corrected chi connectivity index (χ2v) is 5.68. The minimum Gasteiger partial charge on any atom is -0.394 e. The lowest BCUT2D eigenvalue weighted by Gasteiger charge is -2.42. The number of hydrogen-bond donors (Lipinski definition) is 2. The molecule has 1 heterocycles. The van der Waals surface area contributed by atoms with Crippen molar-refractivity contribution in [3.05, 3.63) is 30.1 Å². The molecule has 0 radical (unpaired) electrons. The standard InChI is InChI=1S/C15H22FNO2/c1-11(2)14-9-15(10-18,6-7-19-14)17-13-5-3-4-12(16)8-13/h3-5,8,11,14,17-18H,6-7,9-10H2,1-2H3. The van der Waals surface area contributed by atoms with Crippen LogP contribution in [0.25, 0.3) is 0 Å². The number of aliphatic hydroxyl groups is 1. The first-order valence-corrected chi connectivity index (χ1v) is 6.81. The lowest BCUT2D eigenvalue weighted by Crippen LogP contribution is -2.51. The molecule has 1 saturated heterocycles. The number of hydrogen-bond acceptors (Lipinski definition) is 3. The molecule has 0 aliphatic carbocycles. The van der Waals surface area contributed by atoms with Crippen molar-refractivity contribution in [1.29, 1.82) is 0 Å². The van der Waals surface area contributed by atoms with Gasteiger partial charge in [0.25, 0.3) is 0 Å². The third kappa shape index (κ3) is 3.45. The highest BCUT2D eigenvalue weighted by Crippen LogP contribution is 2.31. The van der Waals surface area contributed by atoms with E-state index in [1.54, 1.807) is 6.07 Å². The third-order valence-corrected chi connectivity index (χ3v) is 3.78. The fourth-order valence-corrected chi connectivity index (χ4v) is 2.55. The molecular weight excluding hydrogens is 245 g/mol. The molecule has 1 aliphatic heterocycles. The molecule has 2 unspecified atom stereocenters. The monoisotopic (exact) mass is 267 g/mol. The Morgan fingerprint density at radius 2 is 2.32 bits per heavy atom. The van der Waals surface area contributed by atoms with Crippen LogP contribution in [0.5, 0.6) is 0 Å². The number of halogens is 1. The number of rotatable bonds is 4. The highest BCUT2D eigenvalue weighted by Gasteiger charge is 2.37. The van der Waals surface area contributed by atoms with Crippen molar-refractivity contribution >= 4 is 5.69 Å². The molecule has 19 heavy (non-hydrogen) atoms. The minimum atomic E-state index is -0.416. The summed E-state index contributed by atoms with van der Waals surface area (Å²) in [4.78, 5) is 0. The van der Waals surface area contributed by atoms with Gasteiger partial charge in [-0.3, -0.25) is 0 Å². The molecule has 106 valence electrons. The van der Waals surface area contributed by atoms with Crippen LogP contribution >= 0.6 is 0 Å². The first kappa shape index (κ1) is 14.3. The minimum absolute atomic E-state index is 0.0239. The van der Waals surface area contributed by atoms with Crippen molar-refractivity contribution in [2.75, 3.05) is 18.5 Å². The van der Waals surface area contributed by atoms with E-state index >= 15 is 0 Å². The number of aliphatic hydroxyl groups excluding tert-OH is 1. The summed E-state index contributed by atoms with van der Waals surface area (Å²) in [7, 11) is 0. The predicted octanol–water partition coefficient (Wildman–Crippen LogP) is 2.80. The van der Waals surface area contributed by atoms with Crippen molar-refractivity contribution < 1.29 is 14.2 Å². The second-order valence-electron chi connectivity index (χ2n) is 5.68. The van der Waals surface area contributed by atoms with Crippen LogP contribution in [0, 0.1) is 11.7 Å². The molecule has 1 fully saturated rings. The Hall–Kier alpha value is -1.13. The van der Waals surface area contributed by atoms with Gasteiger partial charge in [0.2, 0.25) is 0 Å². The van der Waals surface area contributed by atoms with E-state index in [1.807, 2.05) is 6.07 Å². The molecular formula is C15H22FNO2. The quantitative estimate of drug-likeness (QED) is 0.881. The number of nitrogens with one attached hydrogen (secondary N) is 1. The van der Waals surface area contributed by atoms with Crippen LogP contribution in [-0.2, 0) is 4.74 Å². The van der Waals surface area contributed by atoms with E-state index in [-0.39, 0.29) is 18.5 Å². The van der Waals surface area contributed by atoms with E-state index in [4.69, 9.17) is 4.74 Å². The van der Waals surface area contributed by atoms with Gasteiger partial charge in [0.05, 0.1) is 18.2 Å². The molecule has 1 aliphatic rings. The van der Waals surface area contributed by atoms with Crippen LogP contribution in [-0.4, -0.2) is 30.0 Å². The summed E-state index contributed by atoms with van der Waals surface area (Å²) >= 11 is 0. The SMILES string of the molecule is CC(C)C1CC(CO)(Nc2cccc(F)c2)CCO1. The summed E-state index contributed by atoms with van der Waals surface area (Å²) in [5.41, 5.74) is 0.291. The summed E-state index contributed by atoms with van der Waals surface area (Å²) in [5, 5.41) is 13.1. The van der Waals surface area contributed by atoms with Crippen LogP contribution in [0.2, 0.25) is 0 Å². The molecule has 0 amide bonds. The molecule has 0 spiro atoms. The first-order chi connectivity index (χ1) is 9.04. The summed E-state index contributed by atoms with van der Waals surface area (Å²) in [6.07, 6.45) is 1.59. The van der Waals surface area contributed by atoms with Crippen molar-refractivity contribution in [3.63, 3.8) is 0 Å². The van der Waals surface area contributed by atoms with Gasteiger partial charge in [0.1, 0.15) is 5.82 Å². The van der Waals surface area contributed by atoms with E-state index in [1.165, 1.54) is 12.1 Å². The maximum atomic E-state index is 13.2. The normalized spacial score (nSPS) is 27.5. The van der Waals surface area contributed by atoms with E-state index in [9.17, 15) is 9.50 Å². The van der Waals surface area contributed by atoms with Crippen LogP contribution < -0.4 is 5.32 Å². The Bertz CT molecular complexity index is 424. The van der Waals surface area contributed by atoms with Crippen molar-refractivity contribution in [1.82, 2.24) is 0 Å². The smallest absolute Gasteiger partial charge is 0.125 e. The van der Waals surface area contributed by atoms with Gasteiger partial charge < -0.3 is 15.2 Å². The Balaban J connectivity index is 2.13. The van der Waals surface area contributed by atoms with Gasteiger partial charge in [-0.1, -0.05) is 19.9 Å². The van der Waals surface area contributed by atoms with E-state index in [0.717, 1.165) is 12.8 Å². The van der Waals surface area contributed by atoms with Crippen molar-refractivity contribution in [3.8, 4) is 0 Å². The Labute approximate surface area is 113 Å². The molecule has 1 aromatic carbocycles. The lowest BCUT2D eigenvalue weighted by molar-refractivity contribution is -0.0481. The molecule has 1 aromatic rings. The molecule has 0 saturated carbocycles. The van der Waals surface area contributed by atoms with E-state index < -0.39 is 5.54 Å². The van der Waals surface area contributed by atoms with Crippen LogP contribution in [0.15, 0.2) is 24.3 Å². The van der Waals surface area contributed by atoms with Gasteiger partial charge in [-0.15, -0.1) is 0 Å². The fraction of sp³-hybridized carbons (Fsp3) is 0.600. The summed E-state index contributed by atoms with van der Waals surface area (Å²) in [6, 6.07) is 6.36. The number of benzene rings is 1. The molecule has 2 atom stereocenters. The Morgan fingerprint density at radius 3 is 2.95 bits per heavy atom. The molecule has 2 N–H and O–H groups in total.